The lowest BCUT2D eigenvalue weighted by molar-refractivity contribution is 0.289. The summed E-state index contributed by atoms with van der Waals surface area (Å²) in [5.74, 6) is 0. The van der Waals surface area contributed by atoms with Crippen LogP contribution in [0.4, 0.5) is 5.69 Å². The monoisotopic (exact) mass is 321 g/mol. The number of hydrazone groups is 1. The van der Waals surface area contributed by atoms with Gasteiger partial charge in [-0.1, -0.05) is 30.1 Å². The summed E-state index contributed by atoms with van der Waals surface area (Å²) in [6.45, 7) is 5.50. The summed E-state index contributed by atoms with van der Waals surface area (Å²) in [5, 5.41) is 5.54. The van der Waals surface area contributed by atoms with Crippen molar-refractivity contribution in [1.82, 2.24) is 4.90 Å². The number of likely N-dealkylation sites (tertiary alicyclic amines) is 1. The average molecular weight is 323 g/mol. The van der Waals surface area contributed by atoms with E-state index in [9.17, 15) is 0 Å². The van der Waals surface area contributed by atoms with Gasteiger partial charge in [0.15, 0.2) is 0 Å². The van der Waals surface area contributed by atoms with Gasteiger partial charge in [0.1, 0.15) is 0 Å². The highest BCUT2D eigenvalue weighted by Crippen LogP contribution is 2.25. The fraction of sp³-hybridized carbons (Fsp3) is 0.462. The molecule has 0 aliphatic carbocycles. The van der Waals surface area contributed by atoms with Crippen LogP contribution in [0, 0.1) is 0 Å². The maximum Gasteiger partial charge on any atom is 0.0613 e. The van der Waals surface area contributed by atoms with E-state index < -0.39 is 0 Å². The Bertz CT molecular complexity index is 439. The van der Waals surface area contributed by atoms with Gasteiger partial charge in [0.05, 0.1) is 15.7 Å². The first kappa shape index (κ1) is 16.6. The second-order valence-electron chi connectivity index (χ2n) is 4.35. The molecular weight excluding hydrogens is 305 g/mol. The van der Waals surface area contributed by atoms with Gasteiger partial charge in [-0.05, 0) is 24.7 Å². The molecule has 1 fully saturated rings. The minimum absolute atomic E-state index is 0. The second-order valence-corrected chi connectivity index (χ2v) is 5.17. The van der Waals surface area contributed by atoms with E-state index in [-0.39, 0.29) is 12.4 Å². The number of halogens is 3. The number of anilines is 1. The van der Waals surface area contributed by atoms with Crippen molar-refractivity contribution in [2.24, 2.45) is 5.10 Å². The van der Waals surface area contributed by atoms with Gasteiger partial charge < -0.3 is 4.90 Å². The van der Waals surface area contributed by atoms with Crippen molar-refractivity contribution in [3.05, 3.63) is 28.2 Å². The van der Waals surface area contributed by atoms with Crippen molar-refractivity contribution in [2.75, 3.05) is 25.1 Å². The summed E-state index contributed by atoms with van der Waals surface area (Å²) in [4.78, 5) is 2.43. The SMILES string of the molecule is CCN1CCC(=NNc2ccc(Cl)c(Cl)c2)CC1.Cl. The lowest BCUT2D eigenvalue weighted by Gasteiger charge is -2.25. The first-order chi connectivity index (χ1) is 8.69. The summed E-state index contributed by atoms with van der Waals surface area (Å²) in [5.41, 5.74) is 5.13. The number of benzene rings is 1. The third-order valence-corrected chi connectivity index (χ3v) is 3.88. The normalized spacial score (nSPS) is 15.8. The zero-order valence-corrected chi connectivity index (χ0v) is 13.2. The highest BCUT2D eigenvalue weighted by Gasteiger charge is 2.12. The third kappa shape index (κ3) is 4.84. The van der Waals surface area contributed by atoms with Crippen LogP contribution in [0.3, 0.4) is 0 Å². The van der Waals surface area contributed by atoms with Gasteiger partial charge in [-0.15, -0.1) is 12.4 Å². The molecule has 3 nitrogen and oxygen atoms in total. The molecule has 1 aromatic carbocycles. The van der Waals surface area contributed by atoms with Crippen LogP contribution in [-0.2, 0) is 0 Å². The molecule has 1 aromatic rings. The quantitative estimate of drug-likeness (QED) is 0.840. The summed E-state index contributed by atoms with van der Waals surface area (Å²) in [6.07, 6.45) is 2.06. The molecule has 106 valence electrons. The minimum atomic E-state index is 0. The van der Waals surface area contributed by atoms with Crippen molar-refractivity contribution in [1.29, 1.82) is 0 Å². The molecular formula is C13H18Cl3N3. The number of nitrogens with zero attached hydrogens (tertiary/aromatic N) is 2. The Labute approximate surface area is 130 Å². The van der Waals surface area contributed by atoms with Crippen molar-refractivity contribution < 1.29 is 0 Å². The van der Waals surface area contributed by atoms with Crippen LogP contribution in [-0.4, -0.2) is 30.2 Å². The Hall–Kier alpha value is -0.480. The number of piperidine rings is 1. The molecule has 1 N–H and O–H groups in total. The van der Waals surface area contributed by atoms with E-state index in [0.29, 0.717) is 10.0 Å². The minimum Gasteiger partial charge on any atom is -0.303 e. The summed E-state index contributed by atoms with van der Waals surface area (Å²) in [6, 6.07) is 5.43. The van der Waals surface area contributed by atoms with Gasteiger partial charge in [-0.3, -0.25) is 5.43 Å². The molecule has 0 radical (unpaired) electrons. The molecule has 0 atom stereocenters. The average Bonchev–Trinajstić information content (AvgIpc) is 2.41. The van der Waals surface area contributed by atoms with Crippen LogP contribution >= 0.6 is 35.6 Å². The van der Waals surface area contributed by atoms with E-state index in [1.807, 2.05) is 6.07 Å². The predicted molar refractivity (Wildman–Crippen MR) is 86.1 cm³/mol. The zero-order chi connectivity index (χ0) is 13.0. The topological polar surface area (TPSA) is 27.6 Å². The molecule has 1 saturated heterocycles. The first-order valence-electron chi connectivity index (χ1n) is 6.18. The number of hydrogen-bond acceptors (Lipinski definition) is 3. The van der Waals surface area contributed by atoms with Crippen LogP contribution in [0.2, 0.25) is 10.0 Å². The van der Waals surface area contributed by atoms with Crippen molar-refractivity contribution in [3.8, 4) is 0 Å². The van der Waals surface area contributed by atoms with Crippen molar-refractivity contribution >= 4 is 47.0 Å². The maximum absolute atomic E-state index is 5.95. The van der Waals surface area contributed by atoms with Crippen LogP contribution in [0.15, 0.2) is 23.3 Å². The molecule has 6 heteroatoms. The van der Waals surface area contributed by atoms with Crippen LogP contribution in [0.25, 0.3) is 0 Å². The first-order valence-corrected chi connectivity index (χ1v) is 6.93. The van der Waals surface area contributed by atoms with E-state index in [1.54, 1.807) is 12.1 Å². The Morgan fingerprint density at radius 1 is 1.21 bits per heavy atom. The third-order valence-electron chi connectivity index (χ3n) is 3.14. The highest BCUT2D eigenvalue weighted by molar-refractivity contribution is 6.42. The van der Waals surface area contributed by atoms with Crippen LogP contribution < -0.4 is 5.43 Å². The molecule has 0 spiro atoms. The molecule has 1 aliphatic rings. The molecule has 0 amide bonds. The molecule has 2 rings (SSSR count). The number of rotatable bonds is 3. The summed E-state index contributed by atoms with van der Waals surface area (Å²) >= 11 is 11.8. The van der Waals surface area contributed by atoms with Crippen LogP contribution in [0.1, 0.15) is 19.8 Å². The predicted octanol–water partition coefficient (Wildman–Crippen LogP) is 4.30. The van der Waals surface area contributed by atoms with Crippen molar-refractivity contribution in [2.45, 2.75) is 19.8 Å². The summed E-state index contributed by atoms with van der Waals surface area (Å²) in [7, 11) is 0. The van der Waals surface area contributed by atoms with E-state index in [0.717, 1.165) is 38.2 Å². The molecule has 1 aliphatic heterocycles. The van der Waals surface area contributed by atoms with Gasteiger partial charge in [0, 0.05) is 31.6 Å². The Morgan fingerprint density at radius 3 is 2.47 bits per heavy atom. The lowest BCUT2D eigenvalue weighted by Crippen LogP contribution is -2.33. The second kappa shape index (κ2) is 7.95. The Morgan fingerprint density at radius 2 is 1.89 bits per heavy atom. The standard InChI is InChI=1S/C13H17Cl2N3.ClH/c1-2-18-7-5-10(6-8-18)16-17-11-3-4-12(14)13(15)9-11;/h3-4,9,17H,2,5-8H2,1H3;1H. The molecule has 0 bridgehead atoms. The molecule has 1 heterocycles. The molecule has 19 heavy (non-hydrogen) atoms. The maximum atomic E-state index is 5.95. The molecule has 0 saturated carbocycles. The van der Waals surface area contributed by atoms with E-state index in [2.05, 4.69) is 22.4 Å². The fourth-order valence-corrected chi connectivity index (χ4v) is 2.25. The van der Waals surface area contributed by atoms with Crippen LogP contribution in [0.5, 0.6) is 0 Å². The number of hydrogen-bond donors (Lipinski definition) is 1. The van der Waals surface area contributed by atoms with Gasteiger partial charge >= 0.3 is 0 Å². The van der Waals surface area contributed by atoms with E-state index in [1.165, 1.54) is 5.71 Å². The smallest absolute Gasteiger partial charge is 0.0613 e. The van der Waals surface area contributed by atoms with Gasteiger partial charge in [0.2, 0.25) is 0 Å². The Kier molecular flexibility index (Phi) is 6.94. The Balaban J connectivity index is 0.00000180. The molecule has 0 aromatic heterocycles. The summed E-state index contributed by atoms with van der Waals surface area (Å²) < 4.78 is 0. The van der Waals surface area contributed by atoms with E-state index in [4.69, 9.17) is 23.2 Å². The van der Waals surface area contributed by atoms with Crippen molar-refractivity contribution in [3.63, 3.8) is 0 Å². The van der Waals surface area contributed by atoms with E-state index >= 15 is 0 Å². The molecule has 0 unspecified atom stereocenters. The largest absolute Gasteiger partial charge is 0.303 e. The highest BCUT2D eigenvalue weighted by atomic mass is 35.5. The van der Waals surface area contributed by atoms with Gasteiger partial charge in [0.25, 0.3) is 0 Å². The zero-order valence-electron chi connectivity index (χ0n) is 10.8. The lowest BCUT2D eigenvalue weighted by atomic mass is 10.1. The van der Waals surface area contributed by atoms with Gasteiger partial charge in [-0.25, -0.2) is 0 Å². The number of nitrogens with one attached hydrogen (secondary N) is 1. The van der Waals surface area contributed by atoms with Gasteiger partial charge in [-0.2, -0.15) is 5.10 Å². The fourth-order valence-electron chi connectivity index (χ4n) is 1.95.